The molecule has 1 aliphatic heterocycles. The van der Waals surface area contributed by atoms with Gasteiger partial charge in [-0.25, -0.2) is 18.6 Å². The van der Waals surface area contributed by atoms with E-state index in [9.17, 15) is 18.4 Å². The molecule has 3 atom stereocenters. The number of rotatable bonds is 10. The van der Waals surface area contributed by atoms with E-state index in [1.807, 2.05) is 12.1 Å². The molecule has 0 unspecified atom stereocenters. The first-order valence-corrected chi connectivity index (χ1v) is 14.3. The highest BCUT2D eigenvalue weighted by Crippen LogP contribution is 2.30. The molecule has 0 aliphatic carbocycles. The molecule has 1 aromatic carbocycles. The molecule has 0 spiro atoms. The predicted molar refractivity (Wildman–Crippen MR) is 158 cm³/mol. The Hall–Kier alpha value is -4.12. The van der Waals surface area contributed by atoms with E-state index < -0.39 is 41.4 Å². The Labute approximate surface area is 250 Å². The van der Waals surface area contributed by atoms with E-state index in [1.54, 1.807) is 46.2 Å². The van der Waals surface area contributed by atoms with E-state index in [1.165, 1.54) is 11.0 Å². The number of nitrogens with zero attached hydrogens (tertiary/aromatic N) is 3. The van der Waals surface area contributed by atoms with Crippen LogP contribution in [0.3, 0.4) is 0 Å². The summed E-state index contributed by atoms with van der Waals surface area (Å²) in [5.41, 5.74) is 7.37. The number of halogens is 2. The van der Waals surface area contributed by atoms with Crippen LogP contribution in [0.15, 0.2) is 48.7 Å². The fourth-order valence-electron chi connectivity index (χ4n) is 5.19. The van der Waals surface area contributed by atoms with Gasteiger partial charge >= 0.3 is 6.09 Å². The van der Waals surface area contributed by atoms with Crippen LogP contribution in [-0.2, 0) is 20.7 Å². The van der Waals surface area contributed by atoms with Gasteiger partial charge in [-0.05, 0) is 82.3 Å². The molecule has 230 valence electrons. The van der Waals surface area contributed by atoms with Crippen molar-refractivity contribution < 1.29 is 32.6 Å². The van der Waals surface area contributed by atoms with Gasteiger partial charge in [-0.2, -0.15) is 0 Å². The van der Waals surface area contributed by atoms with Gasteiger partial charge in [0.2, 0.25) is 11.8 Å². The van der Waals surface area contributed by atoms with Gasteiger partial charge in [0.05, 0.1) is 42.8 Å². The van der Waals surface area contributed by atoms with Gasteiger partial charge in [-0.15, -0.1) is 0 Å². The molecule has 1 saturated heterocycles. The lowest BCUT2D eigenvalue weighted by atomic mass is 9.92. The molecule has 9 nitrogen and oxygen atoms in total. The molecule has 1 fully saturated rings. The minimum atomic E-state index is -0.783. The number of aryl methyl sites for hydroxylation is 1. The average Bonchev–Trinajstić information content (AvgIpc) is 2.94. The minimum Gasteiger partial charge on any atom is -0.481 e. The number of primary amides is 1. The Bertz CT molecular complexity index is 1480. The Morgan fingerprint density at radius 3 is 2.67 bits per heavy atom. The molecule has 4 rings (SSSR count). The van der Waals surface area contributed by atoms with Crippen LogP contribution in [0.2, 0.25) is 0 Å². The molecule has 43 heavy (non-hydrogen) atoms. The van der Waals surface area contributed by atoms with Gasteiger partial charge in [0.15, 0.2) is 0 Å². The van der Waals surface area contributed by atoms with Crippen LogP contribution in [-0.4, -0.2) is 64.4 Å². The van der Waals surface area contributed by atoms with Gasteiger partial charge < -0.3 is 19.9 Å². The third kappa shape index (κ3) is 8.70. The van der Waals surface area contributed by atoms with E-state index in [0.717, 1.165) is 34.8 Å². The van der Waals surface area contributed by atoms with E-state index in [-0.39, 0.29) is 24.6 Å². The first-order valence-electron chi connectivity index (χ1n) is 14.3. The molecule has 0 radical (unpaired) electrons. The van der Waals surface area contributed by atoms with Crippen molar-refractivity contribution in [3.63, 3.8) is 0 Å². The first kappa shape index (κ1) is 31.8. The van der Waals surface area contributed by atoms with Crippen molar-refractivity contribution in [2.45, 2.75) is 76.7 Å². The van der Waals surface area contributed by atoms with Gasteiger partial charge in [-0.3, -0.25) is 14.7 Å². The average molecular weight is 597 g/mol. The standard InChI is InChI=1S/C32H38F2N4O5/c1-32(2,3)43-31(40)38(17-5-6-21-18-22(33)8-11-24(21)34)26-13-10-23(42-27(26)19-28(35)39)9-7-20-15-16-36-25-12-14-29(41-4)37-30(20)25/h5-6,8,11-12,14-16,18,23,26-27H,7,9-10,13,17,19H2,1-4H3,(H2,35,39)/b6-5+/t23-,26+,27-/m0/s1. The molecule has 3 aromatic rings. The second-order valence-electron chi connectivity index (χ2n) is 11.5. The van der Waals surface area contributed by atoms with Crippen LogP contribution in [0.1, 0.15) is 57.6 Å². The third-order valence-corrected chi connectivity index (χ3v) is 7.16. The summed E-state index contributed by atoms with van der Waals surface area (Å²) >= 11 is 0. The molecule has 2 aromatic heterocycles. The second kappa shape index (κ2) is 13.9. The van der Waals surface area contributed by atoms with Gasteiger partial charge in [0, 0.05) is 24.4 Å². The lowest BCUT2D eigenvalue weighted by Gasteiger charge is -2.42. The summed E-state index contributed by atoms with van der Waals surface area (Å²) in [6.07, 6.45) is 5.54. The van der Waals surface area contributed by atoms with Crippen LogP contribution in [0.25, 0.3) is 17.1 Å². The summed E-state index contributed by atoms with van der Waals surface area (Å²) in [4.78, 5) is 35.9. The van der Waals surface area contributed by atoms with Crippen LogP contribution >= 0.6 is 0 Å². The van der Waals surface area contributed by atoms with E-state index in [2.05, 4.69) is 9.97 Å². The number of ether oxygens (including phenoxy) is 3. The lowest BCUT2D eigenvalue weighted by Crippen LogP contribution is -2.54. The number of carbonyl (C=O) groups excluding carboxylic acids is 2. The van der Waals surface area contributed by atoms with Crippen LogP contribution in [0.5, 0.6) is 5.88 Å². The van der Waals surface area contributed by atoms with Crippen molar-refractivity contribution in [1.82, 2.24) is 14.9 Å². The van der Waals surface area contributed by atoms with Crippen LogP contribution in [0.4, 0.5) is 13.6 Å². The number of hydrogen-bond donors (Lipinski definition) is 1. The van der Waals surface area contributed by atoms with Gasteiger partial charge in [0.25, 0.3) is 0 Å². The molecule has 0 bridgehead atoms. The molecular formula is C32H38F2N4O5. The van der Waals surface area contributed by atoms with Gasteiger partial charge in [0.1, 0.15) is 17.2 Å². The Morgan fingerprint density at radius 2 is 1.95 bits per heavy atom. The zero-order chi connectivity index (χ0) is 31.1. The highest BCUT2D eigenvalue weighted by atomic mass is 19.1. The second-order valence-corrected chi connectivity index (χ2v) is 11.5. The third-order valence-electron chi connectivity index (χ3n) is 7.16. The quantitative estimate of drug-likeness (QED) is 0.324. The minimum absolute atomic E-state index is 0.0231. The van der Waals surface area contributed by atoms with E-state index >= 15 is 0 Å². The maximum absolute atomic E-state index is 14.2. The normalized spacial score (nSPS) is 19.0. The zero-order valence-corrected chi connectivity index (χ0v) is 24.9. The highest BCUT2D eigenvalue weighted by Gasteiger charge is 2.39. The van der Waals surface area contributed by atoms with Crippen molar-refractivity contribution in [2.75, 3.05) is 13.7 Å². The number of hydrogen-bond acceptors (Lipinski definition) is 7. The lowest BCUT2D eigenvalue weighted by molar-refractivity contribution is -0.131. The Balaban J connectivity index is 1.52. The van der Waals surface area contributed by atoms with Crippen molar-refractivity contribution in [2.24, 2.45) is 5.73 Å². The highest BCUT2D eigenvalue weighted by molar-refractivity contribution is 5.78. The number of methoxy groups -OCH3 is 1. The SMILES string of the molecule is COc1ccc2nccc(CC[C@H]3CC[C@@H](N(C/C=C/c4cc(F)ccc4F)C(=O)OC(C)(C)C)[C@H](CC(N)=O)O3)c2n1. The molecular weight excluding hydrogens is 558 g/mol. The summed E-state index contributed by atoms with van der Waals surface area (Å²) in [7, 11) is 1.56. The Kier molecular flexibility index (Phi) is 10.3. The molecule has 2 amide bonds. The summed E-state index contributed by atoms with van der Waals surface area (Å²) < 4.78 is 45.2. The summed E-state index contributed by atoms with van der Waals surface area (Å²) in [5.74, 6) is -1.23. The summed E-state index contributed by atoms with van der Waals surface area (Å²) in [5, 5.41) is 0. The molecule has 1 aliphatic rings. The monoisotopic (exact) mass is 596 g/mol. The largest absolute Gasteiger partial charge is 0.481 e. The summed E-state index contributed by atoms with van der Waals surface area (Å²) in [6, 6.07) is 8.16. The molecule has 3 heterocycles. The number of fused-ring (bicyclic) bond motifs is 1. The topological polar surface area (TPSA) is 117 Å². The van der Waals surface area contributed by atoms with Crippen LogP contribution < -0.4 is 10.5 Å². The number of amides is 2. The maximum Gasteiger partial charge on any atom is 0.410 e. The molecule has 2 N–H and O–H groups in total. The number of aromatic nitrogens is 2. The first-order chi connectivity index (χ1) is 20.4. The number of pyridine rings is 2. The van der Waals surface area contributed by atoms with E-state index in [0.29, 0.717) is 31.6 Å². The van der Waals surface area contributed by atoms with Crippen molar-refractivity contribution in [1.29, 1.82) is 0 Å². The smallest absolute Gasteiger partial charge is 0.410 e. The van der Waals surface area contributed by atoms with Crippen LogP contribution in [0, 0.1) is 11.6 Å². The summed E-state index contributed by atoms with van der Waals surface area (Å²) in [6.45, 7) is 5.28. The van der Waals surface area contributed by atoms with Gasteiger partial charge in [-0.1, -0.05) is 12.2 Å². The van der Waals surface area contributed by atoms with Crippen molar-refractivity contribution >= 4 is 29.1 Å². The number of benzene rings is 1. The number of carbonyl (C=O) groups is 2. The molecule has 11 heteroatoms. The fraction of sp³-hybridized carbons (Fsp3) is 0.438. The fourth-order valence-corrected chi connectivity index (χ4v) is 5.19. The van der Waals surface area contributed by atoms with Crippen molar-refractivity contribution in [3.8, 4) is 5.88 Å². The number of nitrogens with two attached hydrogens (primary N) is 1. The van der Waals surface area contributed by atoms with Crippen molar-refractivity contribution in [3.05, 3.63) is 71.4 Å². The predicted octanol–water partition coefficient (Wildman–Crippen LogP) is 5.59. The Morgan fingerprint density at radius 1 is 1.16 bits per heavy atom. The zero-order valence-electron chi connectivity index (χ0n) is 24.9. The van der Waals surface area contributed by atoms with E-state index in [4.69, 9.17) is 19.9 Å². The maximum atomic E-state index is 14.2. The molecule has 0 saturated carbocycles.